The highest BCUT2D eigenvalue weighted by Crippen LogP contribution is 2.31. The molecular weight excluding hydrogens is 444 g/mol. The number of halogens is 1. The number of carbonyl (C=O) groups is 1. The van der Waals surface area contributed by atoms with Crippen molar-refractivity contribution < 1.29 is 9.53 Å². The first-order valence-electron chi connectivity index (χ1n) is 9.42. The van der Waals surface area contributed by atoms with Crippen LogP contribution in [0.3, 0.4) is 0 Å². The second kappa shape index (κ2) is 7.81. The predicted molar refractivity (Wildman–Crippen MR) is 119 cm³/mol. The first kappa shape index (κ1) is 19.7. The minimum absolute atomic E-state index is 0.0702. The molecule has 0 unspecified atom stereocenters. The molecule has 10 heteroatoms. The number of morpholine rings is 1. The molecule has 0 saturated carbocycles. The molecule has 2 aromatic heterocycles. The highest BCUT2D eigenvalue weighted by Gasteiger charge is 2.27. The van der Waals surface area contributed by atoms with E-state index in [2.05, 4.69) is 10.1 Å². The van der Waals surface area contributed by atoms with Gasteiger partial charge in [0.1, 0.15) is 4.83 Å². The van der Waals surface area contributed by atoms with Gasteiger partial charge in [-0.2, -0.15) is 9.78 Å². The number of ether oxygens (including phenoxy) is 1. The molecule has 4 heterocycles. The first-order chi connectivity index (χ1) is 14.5. The first-order valence-corrected chi connectivity index (χ1v) is 11.6. The van der Waals surface area contributed by atoms with Gasteiger partial charge in [-0.15, -0.1) is 11.3 Å². The molecule has 1 saturated heterocycles. The van der Waals surface area contributed by atoms with Crippen LogP contribution in [0.5, 0.6) is 0 Å². The summed E-state index contributed by atoms with van der Waals surface area (Å²) in [6.07, 6.45) is 0. The van der Waals surface area contributed by atoms with Gasteiger partial charge in [0.2, 0.25) is 0 Å². The fraction of sp³-hybridized carbons (Fsp3) is 0.300. The molecule has 154 valence electrons. The normalized spacial score (nSPS) is 16.5. The Hall–Kier alpha value is -2.20. The number of fused-ring (bicyclic) bond motifs is 2. The number of nitrogens with zero attached hydrogens (tertiary/aromatic N) is 4. The van der Waals surface area contributed by atoms with Gasteiger partial charge in [0.25, 0.3) is 11.5 Å². The highest BCUT2D eigenvalue weighted by atomic mass is 35.5. The Kier molecular flexibility index (Phi) is 5.14. The standard InChI is InChI=1S/C20H17ClN4O3S2/c1-11-15-17(30-16(11)19(27)24-6-8-28-9-7-24)22-20-25(18(15)26)23-14(10-29-20)12-2-4-13(21)5-3-12/h2-5H,6-10H2,1H3. The van der Waals surface area contributed by atoms with Gasteiger partial charge in [-0.3, -0.25) is 9.59 Å². The molecule has 2 aliphatic heterocycles. The molecule has 0 radical (unpaired) electrons. The van der Waals surface area contributed by atoms with Crippen LogP contribution in [-0.4, -0.2) is 58.2 Å². The molecular formula is C20H17ClN4O3S2. The Balaban J connectivity index is 1.59. The van der Waals surface area contributed by atoms with Crippen LogP contribution in [0.2, 0.25) is 5.02 Å². The summed E-state index contributed by atoms with van der Waals surface area (Å²) in [7, 11) is 0. The monoisotopic (exact) mass is 460 g/mol. The molecule has 5 rings (SSSR count). The summed E-state index contributed by atoms with van der Waals surface area (Å²) in [5.41, 5.74) is 2.11. The number of aromatic nitrogens is 2. The summed E-state index contributed by atoms with van der Waals surface area (Å²) in [5.74, 6) is 0.530. The van der Waals surface area contributed by atoms with E-state index in [1.807, 2.05) is 19.1 Å². The summed E-state index contributed by atoms with van der Waals surface area (Å²) < 4.78 is 6.68. The Morgan fingerprint density at radius 3 is 2.67 bits per heavy atom. The summed E-state index contributed by atoms with van der Waals surface area (Å²) in [4.78, 5) is 33.8. The van der Waals surface area contributed by atoms with Gasteiger partial charge in [-0.05, 0) is 30.2 Å². The maximum absolute atomic E-state index is 13.3. The van der Waals surface area contributed by atoms with E-state index in [4.69, 9.17) is 16.3 Å². The van der Waals surface area contributed by atoms with Gasteiger partial charge in [0.15, 0.2) is 5.16 Å². The zero-order chi connectivity index (χ0) is 20.8. The zero-order valence-electron chi connectivity index (χ0n) is 16.1. The molecule has 1 amide bonds. The Morgan fingerprint density at radius 2 is 1.93 bits per heavy atom. The van der Waals surface area contributed by atoms with Gasteiger partial charge in [-0.1, -0.05) is 35.5 Å². The van der Waals surface area contributed by atoms with Crippen LogP contribution in [0.15, 0.2) is 39.3 Å². The molecule has 3 aromatic rings. The van der Waals surface area contributed by atoms with Gasteiger partial charge >= 0.3 is 0 Å². The molecule has 0 bridgehead atoms. The molecule has 1 aromatic carbocycles. The molecule has 30 heavy (non-hydrogen) atoms. The quantitative estimate of drug-likeness (QED) is 0.549. The van der Waals surface area contributed by atoms with Crippen LogP contribution >= 0.6 is 34.7 Å². The number of hydrogen-bond donors (Lipinski definition) is 0. The third-order valence-corrected chi connectivity index (χ3v) is 7.51. The van der Waals surface area contributed by atoms with Crippen molar-refractivity contribution in [3.8, 4) is 0 Å². The van der Waals surface area contributed by atoms with E-state index in [-0.39, 0.29) is 11.5 Å². The van der Waals surface area contributed by atoms with Crippen LogP contribution in [0.25, 0.3) is 10.2 Å². The maximum atomic E-state index is 13.3. The van der Waals surface area contributed by atoms with Crippen LogP contribution in [-0.2, 0) is 4.74 Å². The smallest absolute Gasteiger partial charge is 0.283 e. The summed E-state index contributed by atoms with van der Waals surface area (Å²) in [6, 6.07) is 7.38. The van der Waals surface area contributed by atoms with Gasteiger partial charge in [0.05, 0.1) is 29.2 Å². The van der Waals surface area contributed by atoms with E-state index in [0.29, 0.717) is 62.9 Å². The molecule has 2 aliphatic rings. The molecule has 0 spiro atoms. The number of amides is 1. The lowest BCUT2D eigenvalue weighted by Crippen LogP contribution is -2.40. The second-order valence-corrected chi connectivity index (χ2v) is 9.37. The molecule has 1 fully saturated rings. The summed E-state index contributed by atoms with van der Waals surface area (Å²) >= 11 is 8.71. The van der Waals surface area contributed by atoms with Crippen molar-refractivity contribution in [3.05, 3.63) is 55.6 Å². The number of benzene rings is 1. The number of thiophene rings is 1. The number of aryl methyl sites for hydroxylation is 1. The van der Waals surface area contributed by atoms with E-state index >= 15 is 0 Å². The lowest BCUT2D eigenvalue weighted by Gasteiger charge is -2.26. The number of hydrogen-bond acceptors (Lipinski definition) is 7. The van der Waals surface area contributed by atoms with E-state index in [0.717, 1.165) is 11.3 Å². The fourth-order valence-corrected chi connectivity index (χ4v) is 5.73. The van der Waals surface area contributed by atoms with Crippen LogP contribution in [0.4, 0.5) is 0 Å². The van der Waals surface area contributed by atoms with Crippen LogP contribution in [0, 0.1) is 6.92 Å². The van der Waals surface area contributed by atoms with Gasteiger partial charge in [-0.25, -0.2) is 4.98 Å². The molecule has 0 N–H and O–H groups in total. The average Bonchev–Trinajstić information content (AvgIpc) is 3.11. The number of thioether (sulfide) groups is 1. The van der Waals surface area contributed by atoms with Gasteiger partial charge in [0, 0.05) is 23.9 Å². The molecule has 0 atom stereocenters. The average molecular weight is 461 g/mol. The van der Waals surface area contributed by atoms with Gasteiger partial charge < -0.3 is 9.64 Å². The van der Waals surface area contributed by atoms with Crippen molar-refractivity contribution in [2.45, 2.75) is 12.1 Å². The maximum Gasteiger partial charge on any atom is 0.283 e. The molecule has 0 aliphatic carbocycles. The van der Waals surface area contributed by atoms with Crippen molar-refractivity contribution in [2.75, 3.05) is 32.1 Å². The Bertz CT molecular complexity index is 1240. The third-order valence-electron chi connectivity index (χ3n) is 5.14. The van der Waals surface area contributed by atoms with Crippen molar-refractivity contribution >= 4 is 56.5 Å². The zero-order valence-corrected chi connectivity index (χ0v) is 18.4. The predicted octanol–water partition coefficient (Wildman–Crippen LogP) is 3.25. The Morgan fingerprint density at radius 1 is 1.20 bits per heavy atom. The lowest BCUT2D eigenvalue weighted by atomic mass is 10.1. The number of rotatable bonds is 2. The van der Waals surface area contributed by atoms with Crippen LogP contribution < -0.4 is 5.56 Å². The second-order valence-electron chi connectivity index (χ2n) is 6.99. The minimum atomic E-state index is -0.247. The Labute approximate surface area is 185 Å². The summed E-state index contributed by atoms with van der Waals surface area (Å²) in [6.45, 7) is 3.98. The SMILES string of the molecule is Cc1c(C(=O)N2CCOCC2)sc2nc3n(c(=O)c12)N=C(c1ccc(Cl)cc1)CS3. The van der Waals surface area contributed by atoms with E-state index in [9.17, 15) is 9.59 Å². The van der Waals surface area contributed by atoms with Crippen LogP contribution in [0.1, 0.15) is 20.8 Å². The van der Waals surface area contributed by atoms with Crippen molar-refractivity contribution in [3.63, 3.8) is 0 Å². The highest BCUT2D eigenvalue weighted by molar-refractivity contribution is 7.99. The molecule has 7 nitrogen and oxygen atoms in total. The van der Waals surface area contributed by atoms with E-state index in [1.54, 1.807) is 17.0 Å². The van der Waals surface area contributed by atoms with Crippen molar-refractivity contribution in [1.82, 2.24) is 14.6 Å². The number of carbonyl (C=O) groups excluding carboxylic acids is 1. The third kappa shape index (κ3) is 3.35. The van der Waals surface area contributed by atoms with Crippen molar-refractivity contribution in [1.29, 1.82) is 0 Å². The van der Waals surface area contributed by atoms with E-state index in [1.165, 1.54) is 27.8 Å². The minimum Gasteiger partial charge on any atom is -0.378 e. The fourth-order valence-electron chi connectivity index (χ4n) is 3.52. The largest absolute Gasteiger partial charge is 0.378 e. The lowest BCUT2D eigenvalue weighted by molar-refractivity contribution is 0.0306. The summed E-state index contributed by atoms with van der Waals surface area (Å²) in [5, 5.41) is 6.21. The topological polar surface area (TPSA) is 76.8 Å². The van der Waals surface area contributed by atoms with E-state index < -0.39 is 0 Å². The van der Waals surface area contributed by atoms with Crippen molar-refractivity contribution in [2.24, 2.45) is 5.10 Å².